The highest BCUT2D eigenvalue weighted by Crippen LogP contribution is 2.34. The number of rotatable bonds is 5. The number of aromatic nitrogens is 2. The number of imidazole rings is 1. The molecule has 1 aromatic heterocycles. The number of hydrogen-bond acceptors (Lipinski definition) is 4. The first-order valence-electron chi connectivity index (χ1n) is 8.45. The molecule has 0 unspecified atom stereocenters. The van der Waals surface area contributed by atoms with Crippen molar-refractivity contribution >= 4 is 0 Å². The van der Waals surface area contributed by atoms with E-state index in [-0.39, 0.29) is 6.04 Å². The number of benzene rings is 2. The summed E-state index contributed by atoms with van der Waals surface area (Å²) in [6.07, 6.45) is 2.74. The number of methoxy groups -OCH3 is 1. The van der Waals surface area contributed by atoms with Crippen LogP contribution in [0.2, 0.25) is 0 Å². The van der Waals surface area contributed by atoms with Gasteiger partial charge in [0.15, 0.2) is 11.5 Å². The summed E-state index contributed by atoms with van der Waals surface area (Å²) in [4.78, 5) is 7.71. The number of nitrogens with one attached hydrogen (secondary N) is 2. The molecule has 0 radical (unpaired) electrons. The molecule has 1 atom stereocenters. The molecule has 2 N–H and O–H groups in total. The maximum Gasteiger partial charge on any atom is 0.161 e. The van der Waals surface area contributed by atoms with Crippen molar-refractivity contribution in [3.63, 3.8) is 0 Å². The van der Waals surface area contributed by atoms with Crippen molar-refractivity contribution in [2.24, 2.45) is 0 Å². The van der Waals surface area contributed by atoms with Gasteiger partial charge < -0.3 is 19.8 Å². The van der Waals surface area contributed by atoms with Crippen LogP contribution >= 0.6 is 0 Å². The van der Waals surface area contributed by atoms with Crippen LogP contribution in [-0.4, -0.2) is 23.6 Å². The topological polar surface area (TPSA) is 59.2 Å². The summed E-state index contributed by atoms with van der Waals surface area (Å²) in [5.74, 6) is 1.48. The summed E-state index contributed by atoms with van der Waals surface area (Å²) in [5.41, 5.74) is 4.51. The number of nitrogens with zero attached hydrogens (tertiary/aromatic N) is 1. The third-order valence-electron chi connectivity index (χ3n) is 4.51. The van der Waals surface area contributed by atoms with Crippen molar-refractivity contribution < 1.29 is 9.47 Å². The quantitative estimate of drug-likeness (QED) is 0.751. The third-order valence-corrected chi connectivity index (χ3v) is 4.51. The van der Waals surface area contributed by atoms with E-state index in [1.54, 1.807) is 13.4 Å². The van der Waals surface area contributed by atoms with E-state index in [0.29, 0.717) is 6.61 Å². The fourth-order valence-corrected chi connectivity index (χ4v) is 3.21. The van der Waals surface area contributed by atoms with E-state index in [2.05, 4.69) is 21.4 Å². The molecule has 1 aliphatic heterocycles. The molecule has 5 heteroatoms. The van der Waals surface area contributed by atoms with E-state index in [4.69, 9.17) is 9.47 Å². The normalized spacial score (nSPS) is 16.3. The summed E-state index contributed by atoms with van der Waals surface area (Å²) in [5, 5.41) is 3.53. The Hall–Kier alpha value is -2.79. The Balaban J connectivity index is 1.56. The van der Waals surface area contributed by atoms with Gasteiger partial charge in [-0.25, -0.2) is 4.98 Å². The van der Waals surface area contributed by atoms with Crippen molar-refractivity contribution in [3.05, 3.63) is 77.4 Å². The van der Waals surface area contributed by atoms with Gasteiger partial charge in [0.2, 0.25) is 0 Å². The summed E-state index contributed by atoms with van der Waals surface area (Å²) >= 11 is 0. The van der Waals surface area contributed by atoms with Gasteiger partial charge in [-0.2, -0.15) is 0 Å². The molecule has 0 bridgehead atoms. The Labute approximate surface area is 147 Å². The van der Waals surface area contributed by atoms with E-state index in [1.807, 2.05) is 42.5 Å². The van der Waals surface area contributed by atoms with Crippen LogP contribution in [0.4, 0.5) is 0 Å². The van der Waals surface area contributed by atoms with Crippen LogP contribution in [0, 0.1) is 0 Å². The van der Waals surface area contributed by atoms with Crippen LogP contribution < -0.4 is 14.8 Å². The highest BCUT2D eigenvalue weighted by molar-refractivity contribution is 5.46. The lowest BCUT2D eigenvalue weighted by molar-refractivity contribution is 0.284. The van der Waals surface area contributed by atoms with Crippen LogP contribution in [0.3, 0.4) is 0 Å². The molecular weight excluding hydrogens is 314 g/mol. The fraction of sp³-hybridized carbons (Fsp3) is 0.250. The van der Waals surface area contributed by atoms with Gasteiger partial charge in [-0.1, -0.05) is 36.4 Å². The van der Waals surface area contributed by atoms with Crippen molar-refractivity contribution in [3.8, 4) is 11.5 Å². The lowest BCUT2D eigenvalue weighted by atomic mass is 9.97. The molecule has 2 heterocycles. The van der Waals surface area contributed by atoms with E-state index in [9.17, 15) is 0 Å². The van der Waals surface area contributed by atoms with Crippen LogP contribution in [-0.2, 0) is 13.0 Å². The first-order chi connectivity index (χ1) is 12.3. The Bertz CT molecular complexity index is 845. The Morgan fingerprint density at radius 1 is 1.12 bits per heavy atom. The predicted molar refractivity (Wildman–Crippen MR) is 95.9 cm³/mol. The third kappa shape index (κ3) is 3.23. The molecule has 2 aromatic carbocycles. The standard InChI is InChI=1S/C20H21N3O2/c1-24-18-11-15(19-20-16(9-10-21-19)22-13-23-20)7-8-17(18)25-12-14-5-3-2-4-6-14/h2-8,11,13,19,21H,9-10,12H2,1H3,(H,22,23)/t19-/m0/s1. The van der Waals surface area contributed by atoms with Gasteiger partial charge in [0.05, 0.1) is 25.2 Å². The summed E-state index contributed by atoms with van der Waals surface area (Å²) in [7, 11) is 1.67. The van der Waals surface area contributed by atoms with Crippen molar-refractivity contribution in [2.45, 2.75) is 19.1 Å². The molecule has 0 spiro atoms. The summed E-state index contributed by atoms with van der Waals surface area (Å²) in [6, 6.07) is 16.3. The molecule has 0 aliphatic carbocycles. The van der Waals surface area contributed by atoms with E-state index < -0.39 is 0 Å². The second-order valence-corrected chi connectivity index (χ2v) is 6.09. The van der Waals surface area contributed by atoms with Crippen LogP contribution in [0.25, 0.3) is 0 Å². The van der Waals surface area contributed by atoms with E-state index in [0.717, 1.165) is 41.3 Å². The molecule has 0 saturated heterocycles. The van der Waals surface area contributed by atoms with Crippen LogP contribution in [0.1, 0.15) is 28.6 Å². The van der Waals surface area contributed by atoms with Gasteiger partial charge in [0.25, 0.3) is 0 Å². The minimum Gasteiger partial charge on any atom is -0.493 e. The minimum absolute atomic E-state index is 0.0760. The second kappa shape index (κ2) is 6.99. The number of aromatic amines is 1. The van der Waals surface area contributed by atoms with Gasteiger partial charge in [-0.3, -0.25) is 0 Å². The molecule has 0 fully saturated rings. The predicted octanol–water partition coefficient (Wildman–Crippen LogP) is 3.23. The molecule has 3 aromatic rings. The highest BCUT2D eigenvalue weighted by atomic mass is 16.5. The van der Waals surface area contributed by atoms with Crippen LogP contribution in [0.5, 0.6) is 11.5 Å². The zero-order valence-electron chi connectivity index (χ0n) is 14.2. The molecule has 128 valence electrons. The van der Waals surface area contributed by atoms with Gasteiger partial charge in [-0.15, -0.1) is 0 Å². The van der Waals surface area contributed by atoms with Gasteiger partial charge in [0.1, 0.15) is 6.61 Å². The average Bonchev–Trinajstić information content (AvgIpc) is 3.16. The average molecular weight is 335 g/mol. The first-order valence-corrected chi connectivity index (χ1v) is 8.45. The Morgan fingerprint density at radius 2 is 2.00 bits per heavy atom. The SMILES string of the molecule is COc1cc([C@@H]2NCCc3[nH]cnc32)ccc1OCc1ccccc1. The van der Waals surface area contributed by atoms with E-state index >= 15 is 0 Å². The lowest BCUT2D eigenvalue weighted by Crippen LogP contribution is -2.30. The van der Waals surface area contributed by atoms with Crippen LogP contribution in [0.15, 0.2) is 54.9 Å². The molecule has 25 heavy (non-hydrogen) atoms. The van der Waals surface area contributed by atoms with E-state index in [1.165, 1.54) is 5.69 Å². The van der Waals surface area contributed by atoms with Crippen molar-refractivity contribution in [1.82, 2.24) is 15.3 Å². The van der Waals surface area contributed by atoms with Gasteiger partial charge >= 0.3 is 0 Å². The number of ether oxygens (including phenoxy) is 2. The maximum absolute atomic E-state index is 5.94. The highest BCUT2D eigenvalue weighted by Gasteiger charge is 2.24. The summed E-state index contributed by atoms with van der Waals surface area (Å²) < 4.78 is 11.5. The van der Waals surface area contributed by atoms with Gasteiger partial charge in [0, 0.05) is 18.7 Å². The van der Waals surface area contributed by atoms with Crippen molar-refractivity contribution in [1.29, 1.82) is 0 Å². The van der Waals surface area contributed by atoms with Crippen molar-refractivity contribution in [2.75, 3.05) is 13.7 Å². The first kappa shape index (κ1) is 15.7. The monoisotopic (exact) mass is 335 g/mol. The largest absolute Gasteiger partial charge is 0.493 e. The number of H-pyrrole nitrogens is 1. The van der Waals surface area contributed by atoms with Gasteiger partial charge in [-0.05, 0) is 23.3 Å². The second-order valence-electron chi connectivity index (χ2n) is 6.09. The Kier molecular flexibility index (Phi) is 4.39. The zero-order valence-corrected chi connectivity index (χ0v) is 14.2. The molecule has 0 amide bonds. The molecular formula is C20H21N3O2. The Morgan fingerprint density at radius 3 is 2.84 bits per heavy atom. The number of fused-ring (bicyclic) bond motifs is 1. The fourth-order valence-electron chi connectivity index (χ4n) is 3.21. The maximum atomic E-state index is 5.94. The summed E-state index contributed by atoms with van der Waals surface area (Å²) in [6.45, 7) is 1.44. The zero-order chi connectivity index (χ0) is 17.1. The molecule has 4 rings (SSSR count). The smallest absolute Gasteiger partial charge is 0.161 e. The molecule has 1 aliphatic rings. The molecule has 0 saturated carbocycles. The molecule has 5 nitrogen and oxygen atoms in total. The lowest BCUT2D eigenvalue weighted by Gasteiger charge is -2.24. The number of hydrogen-bond donors (Lipinski definition) is 2. The minimum atomic E-state index is 0.0760.